The third-order valence-corrected chi connectivity index (χ3v) is 3.22. The number of hydrogen-bond donors (Lipinski definition) is 2. The summed E-state index contributed by atoms with van der Waals surface area (Å²) in [4.78, 5) is 19.0. The second kappa shape index (κ2) is 3.45. The molecule has 0 radical (unpaired) electrons. The lowest BCUT2D eigenvalue weighted by Gasteiger charge is -2.21. The number of H-pyrrole nitrogens is 1. The first-order valence-electron chi connectivity index (χ1n) is 5.46. The summed E-state index contributed by atoms with van der Waals surface area (Å²) in [6.07, 6.45) is 3.55. The standard InChI is InChI=1S/C11H17N3O/c1-3-11(2,12)10-13-8-6-4-5-7(8)9(15)14-10/h3-6,12H2,1-2H3,(H,13,14,15)/t11-/m1/s1. The average molecular weight is 207 g/mol. The summed E-state index contributed by atoms with van der Waals surface area (Å²) in [6, 6.07) is 0. The summed E-state index contributed by atoms with van der Waals surface area (Å²) in [5, 5.41) is 0. The van der Waals surface area contributed by atoms with Gasteiger partial charge in [-0.2, -0.15) is 0 Å². The fraction of sp³-hybridized carbons (Fsp3) is 0.636. The number of hydrogen-bond acceptors (Lipinski definition) is 3. The Hall–Kier alpha value is -1.16. The monoisotopic (exact) mass is 207 g/mol. The highest BCUT2D eigenvalue weighted by atomic mass is 16.1. The Morgan fingerprint density at radius 2 is 2.27 bits per heavy atom. The van der Waals surface area contributed by atoms with Crippen molar-refractivity contribution in [2.45, 2.75) is 45.1 Å². The first-order valence-corrected chi connectivity index (χ1v) is 5.46. The molecule has 0 saturated carbocycles. The summed E-state index contributed by atoms with van der Waals surface area (Å²) in [5.41, 5.74) is 7.33. The van der Waals surface area contributed by atoms with E-state index < -0.39 is 5.54 Å². The molecule has 1 aromatic rings. The van der Waals surface area contributed by atoms with Gasteiger partial charge in [0.1, 0.15) is 5.82 Å². The molecule has 82 valence electrons. The molecule has 0 bridgehead atoms. The Balaban J connectivity index is 2.53. The predicted octanol–water partition coefficient (Wildman–Crippen LogP) is 0.843. The predicted molar refractivity (Wildman–Crippen MR) is 58.7 cm³/mol. The van der Waals surface area contributed by atoms with Crippen molar-refractivity contribution in [1.82, 2.24) is 9.97 Å². The minimum atomic E-state index is -0.531. The molecular weight excluding hydrogens is 190 g/mol. The van der Waals surface area contributed by atoms with Gasteiger partial charge in [0, 0.05) is 5.56 Å². The molecule has 2 rings (SSSR count). The Labute approximate surface area is 88.9 Å². The fourth-order valence-electron chi connectivity index (χ4n) is 1.88. The van der Waals surface area contributed by atoms with Gasteiger partial charge in [0.15, 0.2) is 0 Å². The van der Waals surface area contributed by atoms with Gasteiger partial charge in [0.05, 0.1) is 11.2 Å². The van der Waals surface area contributed by atoms with Crippen LogP contribution in [0.3, 0.4) is 0 Å². The molecule has 1 atom stereocenters. The van der Waals surface area contributed by atoms with Gasteiger partial charge in [-0.15, -0.1) is 0 Å². The van der Waals surface area contributed by atoms with Gasteiger partial charge in [-0.3, -0.25) is 4.79 Å². The summed E-state index contributed by atoms with van der Waals surface area (Å²) < 4.78 is 0. The maximum Gasteiger partial charge on any atom is 0.254 e. The van der Waals surface area contributed by atoms with Crippen molar-refractivity contribution < 1.29 is 0 Å². The summed E-state index contributed by atoms with van der Waals surface area (Å²) in [7, 11) is 0. The normalized spacial score (nSPS) is 18.6. The summed E-state index contributed by atoms with van der Waals surface area (Å²) in [6.45, 7) is 3.89. The van der Waals surface area contributed by atoms with E-state index in [0.717, 1.165) is 36.9 Å². The van der Waals surface area contributed by atoms with Crippen LogP contribution >= 0.6 is 0 Å². The van der Waals surface area contributed by atoms with Crippen molar-refractivity contribution in [3.8, 4) is 0 Å². The van der Waals surface area contributed by atoms with Gasteiger partial charge in [0.25, 0.3) is 5.56 Å². The van der Waals surface area contributed by atoms with Gasteiger partial charge in [0.2, 0.25) is 0 Å². The van der Waals surface area contributed by atoms with Crippen LogP contribution in [0, 0.1) is 0 Å². The van der Waals surface area contributed by atoms with E-state index in [0.29, 0.717) is 5.82 Å². The molecule has 0 saturated heterocycles. The number of nitrogens with two attached hydrogens (primary N) is 1. The SMILES string of the molecule is CC[C@@](C)(N)c1nc2c(c(=O)[nH]1)CCC2. The van der Waals surface area contributed by atoms with E-state index in [1.165, 1.54) is 0 Å². The zero-order valence-electron chi connectivity index (χ0n) is 9.26. The Bertz CT molecular complexity index is 434. The van der Waals surface area contributed by atoms with Gasteiger partial charge >= 0.3 is 0 Å². The smallest absolute Gasteiger partial charge is 0.254 e. The zero-order valence-corrected chi connectivity index (χ0v) is 9.26. The van der Waals surface area contributed by atoms with Crippen molar-refractivity contribution in [2.75, 3.05) is 0 Å². The van der Waals surface area contributed by atoms with Gasteiger partial charge in [-0.05, 0) is 32.6 Å². The van der Waals surface area contributed by atoms with E-state index in [-0.39, 0.29) is 5.56 Å². The molecular formula is C11H17N3O. The Morgan fingerprint density at radius 1 is 1.53 bits per heavy atom. The van der Waals surface area contributed by atoms with E-state index in [1.54, 1.807) is 0 Å². The molecule has 4 heteroatoms. The lowest BCUT2D eigenvalue weighted by atomic mass is 9.99. The van der Waals surface area contributed by atoms with Crippen LogP contribution in [-0.4, -0.2) is 9.97 Å². The number of nitrogens with one attached hydrogen (secondary N) is 1. The largest absolute Gasteiger partial charge is 0.319 e. The summed E-state index contributed by atoms with van der Waals surface area (Å²) >= 11 is 0. The fourth-order valence-corrected chi connectivity index (χ4v) is 1.88. The molecule has 1 aliphatic carbocycles. The van der Waals surface area contributed by atoms with Gasteiger partial charge < -0.3 is 10.7 Å². The van der Waals surface area contributed by atoms with Crippen LogP contribution in [0.2, 0.25) is 0 Å². The van der Waals surface area contributed by atoms with Gasteiger partial charge in [-0.25, -0.2) is 4.98 Å². The highest BCUT2D eigenvalue weighted by Crippen LogP contribution is 2.20. The Morgan fingerprint density at radius 3 is 2.93 bits per heavy atom. The number of fused-ring (bicyclic) bond motifs is 1. The van der Waals surface area contributed by atoms with E-state index >= 15 is 0 Å². The maximum atomic E-state index is 11.7. The zero-order chi connectivity index (χ0) is 11.1. The molecule has 0 fully saturated rings. The maximum absolute atomic E-state index is 11.7. The van der Waals surface area contributed by atoms with Crippen LogP contribution in [0.25, 0.3) is 0 Å². The topological polar surface area (TPSA) is 71.8 Å². The molecule has 15 heavy (non-hydrogen) atoms. The van der Waals surface area contributed by atoms with Crippen LogP contribution in [-0.2, 0) is 18.4 Å². The number of rotatable bonds is 2. The van der Waals surface area contributed by atoms with Crippen molar-refractivity contribution >= 4 is 0 Å². The molecule has 1 heterocycles. The quantitative estimate of drug-likeness (QED) is 0.755. The van der Waals surface area contributed by atoms with E-state index in [4.69, 9.17) is 5.73 Å². The third kappa shape index (κ3) is 1.69. The molecule has 0 spiro atoms. The van der Waals surface area contributed by atoms with Crippen LogP contribution in [0.15, 0.2) is 4.79 Å². The van der Waals surface area contributed by atoms with Crippen LogP contribution in [0.5, 0.6) is 0 Å². The van der Waals surface area contributed by atoms with E-state index in [2.05, 4.69) is 9.97 Å². The molecule has 3 N–H and O–H groups in total. The van der Waals surface area contributed by atoms with Gasteiger partial charge in [-0.1, -0.05) is 6.92 Å². The van der Waals surface area contributed by atoms with Crippen molar-refractivity contribution in [1.29, 1.82) is 0 Å². The minimum absolute atomic E-state index is 0.00220. The number of aromatic nitrogens is 2. The number of aryl methyl sites for hydroxylation is 1. The molecule has 0 aliphatic heterocycles. The van der Waals surface area contributed by atoms with Crippen LogP contribution < -0.4 is 11.3 Å². The highest BCUT2D eigenvalue weighted by molar-refractivity contribution is 5.24. The first kappa shape index (κ1) is 10.4. The lowest BCUT2D eigenvalue weighted by Crippen LogP contribution is -2.37. The van der Waals surface area contributed by atoms with Crippen LogP contribution in [0.1, 0.15) is 43.8 Å². The van der Waals surface area contributed by atoms with Crippen molar-refractivity contribution in [3.05, 3.63) is 27.4 Å². The summed E-state index contributed by atoms with van der Waals surface area (Å²) in [5.74, 6) is 0.621. The molecule has 1 aromatic heterocycles. The van der Waals surface area contributed by atoms with Crippen molar-refractivity contribution in [2.24, 2.45) is 5.73 Å². The third-order valence-electron chi connectivity index (χ3n) is 3.22. The highest BCUT2D eigenvalue weighted by Gasteiger charge is 2.25. The van der Waals surface area contributed by atoms with Crippen LogP contribution in [0.4, 0.5) is 0 Å². The first-order chi connectivity index (χ1) is 7.04. The molecule has 1 aliphatic rings. The average Bonchev–Trinajstić information content (AvgIpc) is 2.66. The number of nitrogens with zero attached hydrogens (tertiary/aromatic N) is 1. The molecule has 4 nitrogen and oxygen atoms in total. The minimum Gasteiger partial charge on any atom is -0.319 e. The molecule has 0 aromatic carbocycles. The number of aromatic amines is 1. The van der Waals surface area contributed by atoms with E-state index in [1.807, 2.05) is 13.8 Å². The van der Waals surface area contributed by atoms with E-state index in [9.17, 15) is 4.79 Å². The molecule has 0 unspecified atom stereocenters. The van der Waals surface area contributed by atoms with Crippen molar-refractivity contribution in [3.63, 3.8) is 0 Å². The second-order valence-electron chi connectivity index (χ2n) is 4.46. The Kier molecular flexibility index (Phi) is 2.38. The second-order valence-corrected chi connectivity index (χ2v) is 4.46. The molecule has 0 amide bonds. The lowest BCUT2D eigenvalue weighted by molar-refractivity contribution is 0.442.